The van der Waals surface area contributed by atoms with E-state index in [1.807, 2.05) is 0 Å². The van der Waals surface area contributed by atoms with Crippen LogP contribution in [0.4, 0.5) is 0 Å². The molecule has 0 heterocycles. The minimum Gasteiger partial charge on any atom is -0.870 e. The number of unbranched alkanes of at least 4 members (excludes halogenated alkanes) is 11. The SMILES string of the molecule is CCCCCCCCCCCCCCc1cc([O-])c(Oc2ccccc2)c(S(=O)(=O)O)c1.[Na+]. The largest absolute Gasteiger partial charge is 1.00 e. The minimum atomic E-state index is -4.58. The van der Waals surface area contributed by atoms with Crippen LogP contribution >= 0.6 is 0 Å². The van der Waals surface area contributed by atoms with E-state index in [-0.39, 0.29) is 35.3 Å². The molecule has 7 heteroatoms. The van der Waals surface area contributed by atoms with Gasteiger partial charge in [0, 0.05) is 0 Å². The zero-order valence-corrected chi connectivity index (χ0v) is 23.0. The minimum absolute atomic E-state index is 0. The zero-order chi connectivity index (χ0) is 23.2. The molecule has 0 saturated carbocycles. The van der Waals surface area contributed by atoms with Crippen LogP contribution in [0, 0.1) is 0 Å². The van der Waals surface area contributed by atoms with E-state index in [4.69, 9.17) is 4.74 Å². The van der Waals surface area contributed by atoms with Crippen molar-refractivity contribution in [2.24, 2.45) is 0 Å². The third-order valence-corrected chi connectivity index (χ3v) is 6.50. The van der Waals surface area contributed by atoms with Crippen molar-refractivity contribution in [2.75, 3.05) is 0 Å². The molecule has 0 radical (unpaired) electrons. The molecule has 0 aliphatic rings. The number of rotatable bonds is 16. The third kappa shape index (κ3) is 11.8. The van der Waals surface area contributed by atoms with Crippen molar-refractivity contribution in [1.29, 1.82) is 0 Å². The van der Waals surface area contributed by atoms with Gasteiger partial charge in [0.2, 0.25) is 0 Å². The molecule has 1 N–H and O–H groups in total. The number of para-hydroxylation sites is 1. The Morgan fingerprint density at radius 3 is 1.85 bits per heavy atom. The molecular weight excluding hydrogens is 447 g/mol. The Morgan fingerprint density at radius 1 is 0.818 bits per heavy atom. The molecule has 0 atom stereocenters. The summed E-state index contributed by atoms with van der Waals surface area (Å²) >= 11 is 0. The van der Waals surface area contributed by atoms with Gasteiger partial charge in [-0.05, 0) is 36.6 Å². The molecule has 0 saturated heterocycles. The van der Waals surface area contributed by atoms with Crippen molar-refractivity contribution >= 4 is 10.1 Å². The van der Waals surface area contributed by atoms with Crippen LogP contribution < -0.4 is 39.4 Å². The topological polar surface area (TPSA) is 86.7 Å². The van der Waals surface area contributed by atoms with Crippen LogP contribution in [-0.4, -0.2) is 13.0 Å². The van der Waals surface area contributed by atoms with Gasteiger partial charge in [-0.15, -0.1) is 0 Å². The smallest absolute Gasteiger partial charge is 0.870 e. The summed E-state index contributed by atoms with van der Waals surface area (Å²) in [7, 11) is -4.58. The fourth-order valence-corrected chi connectivity index (χ4v) is 4.52. The molecule has 178 valence electrons. The van der Waals surface area contributed by atoms with Crippen LogP contribution in [0.5, 0.6) is 17.2 Å². The summed E-state index contributed by atoms with van der Waals surface area (Å²) in [5.74, 6) is -0.571. The maximum atomic E-state index is 12.5. The molecule has 0 fully saturated rings. The Kier molecular flexibility index (Phi) is 15.0. The van der Waals surface area contributed by atoms with Gasteiger partial charge in [-0.2, -0.15) is 8.42 Å². The first kappa shape index (κ1) is 30.0. The van der Waals surface area contributed by atoms with E-state index in [9.17, 15) is 18.1 Å². The fourth-order valence-electron chi connectivity index (χ4n) is 3.84. The summed E-state index contributed by atoms with van der Waals surface area (Å²) in [6.45, 7) is 2.24. The molecule has 0 bridgehead atoms. The first-order valence-corrected chi connectivity index (χ1v) is 13.4. The Balaban J connectivity index is 0.00000544. The van der Waals surface area contributed by atoms with Crippen molar-refractivity contribution in [2.45, 2.75) is 95.3 Å². The van der Waals surface area contributed by atoms with Gasteiger partial charge < -0.3 is 9.84 Å². The van der Waals surface area contributed by atoms with Crippen LogP contribution in [0.2, 0.25) is 0 Å². The summed E-state index contributed by atoms with van der Waals surface area (Å²) in [5.41, 5.74) is 0.607. The Bertz CT molecular complexity index is 900. The molecule has 33 heavy (non-hydrogen) atoms. The maximum absolute atomic E-state index is 12.5. The first-order chi connectivity index (χ1) is 15.4. The van der Waals surface area contributed by atoms with Crippen LogP contribution in [0.3, 0.4) is 0 Å². The maximum Gasteiger partial charge on any atom is 1.00 e. The summed E-state index contributed by atoms with van der Waals surface area (Å²) < 4.78 is 38.8. The standard InChI is InChI=1S/C26H38O5S.Na/c1-2-3-4-5-6-7-8-9-10-11-12-14-17-22-20-24(27)26(25(21-22)32(28,29)30)31-23-18-15-13-16-19-23;/h13,15-16,18-21,27H,2-12,14,17H2,1H3,(H,28,29,30);/q;+1/p-1. The molecule has 5 nitrogen and oxygen atoms in total. The van der Waals surface area contributed by atoms with Crippen LogP contribution in [0.25, 0.3) is 0 Å². The second-order valence-corrected chi connectivity index (χ2v) is 9.84. The fraction of sp³-hybridized carbons (Fsp3) is 0.538. The molecular formula is C26H37NaO5S. The van der Waals surface area contributed by atoms with Crippen molar-refractivity contribution in [3.05, 3.63) is 48.0 Å². The Morgan fingerprint density at radius 2 is 1.33 bits per heavy atom. The predicted octanol–water partition coefficient (Wildman–Crippen LogP) is 4.05. The van der Waals surface area contributed by atoms with E-state index < -0.39 is 20.8 Å². The second-order valence-electron chi connectivity index (χ2n) is 8.45. The summed E-state index contributed by atoms with van der Waals surface area (Å²) in [5, 5.41) is 12.5. The van der Waals surface area contributed by atoms with Crippen molar-refractivity contribution in [1.82, 2.24) is 0 Å². The molecule has 0 unspecified atom stereocenters. The van der Waals surface area contributed by atoms with Crippen molar-refractivity contribution in [3.63, 3.8) is 0 Å². The van der Waals surface area contributed by atoms with Gasteiger partial charge in [-0.1, -0.05) is 108 Å². The number of benzene rings is 2. The molecule has 0 spiro atoms. The number of hydrogen-bond donors (Lipinski definition) is 1. The monoisotopic (exact) mass is 484 g/mol. The van der Waals surface area contributed by atoms with Gasteiger partial charge in [0.15, 0.2) is 0 Å². The van der Waals surface area contributed by atoms with E-state index in [1.54, 1.807) is 30.3 Å². The number of aryl methyl sites for hydroxylation is 1. The average molecular weight is 485 g/mol. The molecule has 0 amide bonds. The van der Waals surface area contributed by atoms with E-state index >= 15 is 0 Å². The molecule has 2 aromatic carbocycles. The molecule has 0 aromatic heterocycles. The Labute approximate surface area is 222 Å². The first-order valence-electron chi connectivity index (χ1n) is 12.0. The van der Waals surface area contributed by atoms with Gasteiger partial charge in [0.05, 0.1) is 0 Å². The van der Waals surface area contributed by atoms with E-state index in [0.717, 1.165) is 19.3 Å². The van der Waals surface area contributed by atoms with Gasteiger partial charge in [0.1, 0.15) is 16.4 Å². The van der Waals surface area contributed by atoms with E-state index in [1.165, 1.54) is 69.9 Å². The van der Waals surface area contributed by atoms with E-state index in [0.29, 0.717) is 17.7 Å². The van der Waals surface area contributed by atoms with Crippen molar-refractivity contribution < 1.29 is 52.4 Å². The summed E-state index contributed by atoms with van der Waals surface area (Å²) in [4.78, 5) is -0.470. The third-order valence-electron chi connectivity index (χ3n) is 5.64. The molecule has 0 aliphatic heterocycles. The van der Waals surface area contributed by atoms with Crippen molar-refractivity contribution in [3.8, 4) is 17.2 Å². The average Bonchev–Trinajstić information content (AvgIpc) is 2.76. The normalized spacial score (nSPS) is 11.2. The van der Waals surface area contributed by atoms with Crippen LogP contribution in [-0.2, 0) is 16.5 Å². The zero-order valence-electron chi connectivity index (χ0n) is 20.2. The van der Waals surface area contributed by atoms with Gasteiger partial charge in [-0.3, -0.25) is 4.55 Å². The quantitative estimate of drug-likeness (QED) is 0.221. The number of hydrogen-bond acceptors (Lipinski definition) is 4. The second kappa shape index (κ2) is 16.6. The summed E-state index contributed by atoms with van der Waals surface area (Å²) in [6.07, 6.45) is 15.4. The van der Waals surface area contributed by atoms with Gasteiger partial charge in [0.25, 0.3) is 10.1 Å². The Hall–Kier alpha value is -1.05. The molecule has 2 aromatic rings. The molecule has 0 aliphatic carbocycles. The van der Waals surface area contributed by atoms with Gasteiger partial charge in [-0.25, -0.2) is 0 Å². The van der Waals surface area contributed by atoms with Crippen LogP contribution in [0.1, 0.15) is 89.5 Å². The van der Waals surface area contributed by atoms with Crippen LogP contribution in [0.15, 0.2) is 47.4 Å². The van der Waals surface area contributed by atoms with E-state index in [2.05, 4.69) is 6.92 Å². The molecule has 2 rings (SSSR count). The number of ether oxygens (including phenoxy) is 1. The summed E-state index contributed by atoms with van der Waals surface area (Å²) in [6, 6.07) is 11.2. The predicted molar refractivity (Wildman–Crippen MR) is 127 cm³/mol. The van der Waals surface area contributed by atoms with Gasteiger partial charge >= 0.3 is 29.6 Å².